The molecular weight excluding hydrogens is 383 g/mol. The van der Waals surface area contributed by atoms with Crippen LogP contribution in [0.25, 0.3) is 5.82 Å². The van der Waals surface area contributed by atoms with Crippen LogP contribution in [0.15, 0.2) is 42.6 Å². The molecule has 0 aliphatic carbocycles. The molecule has 1 fully saturated rings. The Bertz CT molecular complexity index is 1020. The van der Waals surface area contributed by atoms with Crippen LogP contribution in [0.3, 0.4) is 0 Å². The van der Waals surface area contributed by atoms with E-state index >= 15 is 0 Å². The fourth-order valence-electron chi connectivity index (χ4n) is 3.75. The molecule has 3 heterocycles. The molecule has 0 spiro atoms. The zero-order valence-corrected chi connectivity index (χ0v) is 17.2. The first-order valence-electron chi connectivity index (χ1n) is 10.1. The van der Waals surface area contributed by atoms with Gasteiger partial charge in [0.1, 0.15) is 5.82 Å². The van der Waals surface area contributed by atoms with Gasteiger partial charge in [-0.2, -0.15) is 10.1 Å². The third-order valence-electron chi connectivity index (χ3n) is 5.38. The summed E-state index contributed by atoms with van der Waals surface area (Å²) in [5, 5.41) is 7.45. The number of amides is 1. The Labute approximate surface area is 175 Å². The lowest BCUT2D eigenvalue weighted by atomic mass is 9.96. The molecule has 2 aromatic heterocycles. The molecule has 30 heavy (non-hydrogen) atoms. The standard InChI is InChI=1S/C22H25FN6O/c1-15-13-16(2)29(27-15)20-7-10-24-22(26-20)28-11-8-18(9-12-28)21(30)25-14-17-3-5-19(23)6-4-17/h3-7,10,13,18H,8-9,11-12,14H2,1-2H3,(H,25,30). The number of hydrogen-bond donors (Lipinski definition) is 1. The van der Waals surface area contributed by atoms with Gasteiger partial charge >= 0.3 is 0 Å². The molecule has 0 radical (unpaired) electrons. The highest BCUT2D eigenvalue weighted by atomic mass is 19.1. The Morgan fingerprint density at radius 2 is 1.90 bits per heavy atom. The van der Waals surface area contributed by atoms with Crippen LogP contribution in [0, 0.1) is 25.6 Å². The second-order valence-corrected chi connectivity index (χ2v) is 7.66. The van der Waals surface area contributed by atoms with E-state index < -0.39 is 0 Å². The molecule has 0 unspecified atom stereocenters. The normalized spacial score (nSPS) is 14.7. The summed E-state index contributed by atoms with van der Waals surface area (Å²) in [5.41, 5.74) is 2.85. The predicted molar refractivity (Wildman–Crippen MR) is 112 cm³/mol. The van der Waals surface area contributed by atoms with Crippen molar-refractivity contribution in [3.63, 3.8) is 0 Å². The lowest BCUT2D eigenvalue weighted by Crippen LogP contribution is -2.41. The van der Waals surface area contributed by atoms with Crippen molar-refractivity contribution in [3.8, 4) is 5.82 Å². The molecule has 1 aliphatic heterocycles. The fraction of sp³-hybridized carbons (Fsp3) is 0.364. The zero-order chi connectivity index (χ0) is 21.1. The summed E-state index contributed by atoms with van der Waals surface area (Å²) in [6.45, 7) is 5.80. The maximum absolute atomic E-state index is 13.0. The van der Waals surface area contributed by atoms with Gasteiger partial charge in [0.25, 0.3) is 0 Å². The van der Waals surface area contributed by atoms with Crippen molar-refractivity contribution in [1.29, 1.82) is 0 Å². The molecule has 1 aromatic carbocycles. The van der Waals surface area contributed by atoms with Gasteiger partial charge in [0.15, 0.2) is 5.82 Å². The van der Waals surface area contributed by atoms with E-state index in [2.05, 4.69) is 25.3 Å². The number of anilines is 1. The number of aromatic nitrogens is 4. The second kappa shape index (κ2) is 8.61. The van der Waals surface area contributed by atoms with Crippen LogP contribution in [0.4, 0.5) is 10.3 Å². The first-order chi connectivity index (χ1) is 14.5. The van der Waals surface area contributed by atoms with Crippen LogP contribution in [0.1, 0.15) is 29.8 Å². The number of benzene rings is 1. The first-order valence-corrected chi connectivity index (χ1v) is 10.1. The van der Waals surface area contributed by atoms with E-state index in [0.717, 1.165) is 48.7 Å². The van der Waals surface area contributed by atoms with Crippen molar-refractivity contribution in [2.45, 2.75) is 33.2 Å². The minimum absolute atomic E-state index is 0.0382. The van der Waals surface area contributed by atoms with E-state index in [1.807, 2.05) is 30.7 Å². The molecule has 1 amide bonds. The molecule has 156 valence electrons. The van der Waals surface area contributed by atoms with Crippen molar-refractivity contribution >= 4 is 11.9 Å². The van der Waals surface area contributed by atoms with Crippen molar-refractivity contribution in [1.82, 2.24) is 25.1 Å². The summed E-state index contributed by atoms with van der Waals surface area (Å²) in [6, 6.07) is 10.0. The van der Waals surface area contributed by atoms with E-state index in [0.29, 0.717) is 12.5 Å². The van der Waals surface area contributed by atoms with Crippen molar-refractivity contribution in [3.05, 3.63) is 65.4 Å². The summed E-state index contributed by atoms with van der Waals surface area (Å²) >= 11 is 0. The van der Waals surface area contributed by atoms with Crippen molar-refractivity contribution < 1.29 is 9.18 Å². The summed E-state index contributed by atoms with van der Waals surface area (Å²) < 4.78 is 14.8. The lowest BCUT2D eigenvalue weighted by Gasteiger charge is -2.31. The van der Waals surface area contributed by atoms with Gasteiger partial charge in [-0.05, 0) is 50.5 Å². The fourth-order valence-corrected chi connectivity index (χ4v) is 3.75. The summed E-state index contributed by atoms with van der Waals surface area (Å²) in [7, 11) is 0. The van der Waals surface area contributed by atoms with Crippen LogP contribution >= 0.6 is 0 Å². The Kier molecular flexibility index (Phi) is 5.74. The van der Waals surface area contributed by atoms with E-state index in [1.165, 1.54) is 12.1 Å². The number of carbonyl (C=O) groups excluding carboxylic acids is 1. The van der Waals surface area contributed by atoms with Crippen molar-refractivity contribution in [2.24, 2.45) is 5.92 Å². The van der Waals surface area contributed by atoms with Crippen LogP contribution in [-0.2, 0) is 11.3 Å². The van der Waals surface area contributed by atoms with Gasteiger partial charge in [0.05, 0.1) is 5.69 Å². The number of aryl methyl sites for hydroxylation is 2. The van der Waals surface area contributed by atoms with E-state index in [1.54, 1.807) is 18.3 Å². The van der Waals surface area contributed by atoms with Crippen LogP contribution < -0.4 is 10.2 Å². The number of hydrogen-bond acceptors (Lipinski definition) is 5. The number of piperidine rings is 1. The highest BCUT2D eigenvalue weighted by Gasteiger charge is 2.26. The quantitative estimate of drug-likeness (QED) is 0.703. The summed E-state index contributed by atoms with van der Waals surface area (Å²) in [5.74, 6) is 1.12. The molecular formula is C22H25FN6O. The number of halogens is 1. The van der Waals surface area contributed by atoms with Gasteiger partial charge in [-0.3, -0.25) is 4.79 Å². The maximum Gasteiger partial charge on any atom is 0.227 e. The van der Waals surface area contributed by atoms with Gasteiger partial charge in [0.2, 0.25) is 11.9 Å². The molecule has 1 N–H and O–H groups in total. The molecule has 4 rings (SSSR count). The number of rotatable bonds is 5. The zero-order valence-electron chi connectivity index (χ0n) is 17.2. The number of nitrogens with zero attached hydrogens (tertiary/aromatic N) is 5. The maximum atomic E-state index is 13.0. The summed E-state index contributed by atoms with van der Waals surface area (Å²) in [6.07, 6.45) is 3.22. The monoisotopic (exact) mass is 408 g/mol. The highest BCUT2D eigenvalue weighted by molar-refractivity contribution is 5.78. The van der Waals surface area contributed by atoms with Gasteiger partial charge in [-0.25, -0.2) is 14.1 Å². The molecule has 8 heteroatoms. The van der Waals surface area contributed by atoms with Gasteiger partial charge < -0.3 is 10.2 Å². The Balaban J connectivity index is 1.34. The van der Waals surface area contributed by atoms with Crippen LogP contribution in [0.5, 0.6) is 0 Å². The molecule has 1 aliphatic rings. The SMILES string of the molecule is Cc1cc(C)n(-c2ccnc(N3CCC(C(=O)NCc4ccc(F)cc4)CC3)n2)n1. The number of nitrogens with one attached hydrogen (secondary N) is 1. The van der Waals surface area contributed by atoms with Gasteiger partial charge in [-0.15, -0.1) is 0 Å². The largest absolute Gasteiger partial charge is 0.352 e. The van der Waals surface area contributed by atoms with Gasteiger partial charge in [-0.1, -0.05) is 12.1 Å². The minimum atomic E-state index is -0.276. The number of carbonyl (C=O) groups is 1. The second-order valence-electron chi connectivity index (χ2n) is 7.66. The molecule has 0 saturated carbocycles. The first kappa shape index (κ1) is 20.0. The third kappa shape index (κ3) is 4.48. The Morgan fingerprint density at radius 3 is 2.57 bits per heavy atom. The summed E-state index contributed by atoms with van der Waals surface area (Å²) in [4.78, 5) is 23.7. The minimum Gasteiger partial charge on any atom is -0.352 e. The van der Waals surface area contributed by atoms with E-state index in [9.17, 15) is 9.18 Å². The average molecular weight is 408 g/mol. The van der Waals surface area contributed by atoms with Crippen molar-refractivity contribution in [2.75, 3.05) is 18.0 Å². The Morgan fingerprint density at radius 1 is 1.17 bits per heavy atom. The van der Waals surface area contributed by atoms with Crippen LogP contribution in [-0.4, -0.2) is 38.7 Å². The molecule has 7 nitrogen and oxygen atoms in total. The van der Waals surface area contributed by atoms with E-state index in [-0.39, 0.29) is 17.6 Å². The molecule has 1 saturated heterocycles. The van der Waals surface area contributed by atoms with E-state index in [4.69, 9.17) is 0 Å². The Hall–Kier alpha value is -3.29. The smallest absolute Gasteiger partial charge is 0.227 e. The molecule has 3 aromatic rings. The topological polar surface area (TPSA) is 75.9 Å². The average Bonchev–Trinajstić information content (AvgIpc) is 3.11. The molecule has 0 bridgehead atoms. The predicted octanol–water partition coefficient (Wildman–Crippen LogP) is 2.95. The van der Waals surface area contributed by atoms with Gasteiger partial charge in [0, 0.05) is 43.5 Å². The third-order valence-corrected chi connectivity index (χ3v) is 5.38. The lowest BCUT2D eigenvalue weighted by molar-refractivity contribution is -0.125. The highest BCUT2D eigenvalue weighted by Crippen LogP contribution is 2.22. The van der Waals surface area contributed by atoms with Crippen LogP contribution in [0.2, 0.25) is 0 Å². The molecule has 0 atom stereocenters.